The van der Waals surface area contributed by atoms with Gasteiger partial charge < -0.3 is 0 Å². The van der Waals surface area contributed by atoms with Crippen molar-refractivity contribution in [3.8, 4) is 0 Å². The molecule has 0 aliphatic carbocycles. The van der Waals surface area contributed by atoms with Gasteiger partial charge in [0.05, 0.1) is 4.75 Å². The molecule has 1 N–H and O–H groups in total. The highest BCUT2D eigenvalue weighted by Gasteiger charge is 2.38. The summed E-state index contributed by atoms with van der Waals surface area (Å²) < 4.78 is -0.425. The second kappa shape index (κ2) is 6.95. The van der Waals surface area contributed by atoms with E-state index in [0.717, 1.165) is 5.16 Å². The Morgan fingerprint density at radius 3 is 1.44 bits per heavy atom. The van der Waals surface area contributed by atoms with Crippen LogP contribution in [0, 0.1) is 0 Å². The van der Waals surface area contributed by atoms with Gasteiger partial charge in [0.15, 0.2) is 0 Å². The molecule has 4 heteroatoms. The highest BCUT2D eigenvalue weighted by Crippen LogP contribution is 2.50. The molecule has 0 unspecified atom stereocenters. The zero-order valence-corrected chi connectivity index (χ0v) is 14.4. The lowest BCUT2D eigenvalue weighted by molar-refractivity contribution is 0.873. The minimum absolute atomic E-state index is 0.425. The Labute approximate surface area is 151 Å². The van der Waals surface area contributed by atoms with E-state index in [9.17, 15) is 0 Å². The third-order valence-electron chi connectivity index (χ3n) is 4.18. The number of H-pyrrole nitrogens is 1. The molecule has 0 radical (unpaired) electrons. The molecule has 122 valence electrons. The maximum absolute atomic E-state index is 4.37. The minimum atomic E-state index is -0.425. The fourth-order valence-corrected chi connectivity index (χ4v) is 4.32. The van der Waals surface area contributed by atoms with E-state index in [1.54, 1.807) is 18.1 Å². The Balaban J connectivity index is 2.01. The fraction of sp³-hybridized carbons (Fsp3) is 0.0476. The van der Waals surface area contributed by atoms with Crippen molar-refractivity contribution in [1.82, 2.24) is 15.2 Å². The van der Waals surface area contributed by atoms with Crippen molar-refractivity contribution in [3.05, 3.63) is 114 Å². The number of nitrogens with one attached hydrogen (secondary N) is 1. The van der Waals surface area contributed by atoms with Crippen molar-refractivity contribution >= 4 is 11.8 Å². The molecule has 4 aromatic rings. The lowest BCUT2D eigenvalue weighted by atomic mass is 9.84. The minimum Gasteiger partial charge on any atom is -0.265 e. The van der Waals surface area contributed by atoms with Gasteiger partial charge in [0, 0.05) is 0 Å². The molecule has 3 nitrogen and oxygen atoms in total. The van der Waals surface area contributed by atoms with Crippen LogP contribution >= 0.6 is 11.8 Å². The Morgan fingerprint density at radius 1 is 0.640 bits per heavy atom. The van der Waals surface area contributed by atoms with Crippen LogP contribution in [0.4, 0.5) is 0 Å². The molecule has 0 aliphatic rings. The van der Waals surface area contributed by atoms with Crippen molar-refractivity contribution in [2.75, 3.05) is 0 Å². The average Bonchev–Trinajstić information content (AvgIpc) is 3.21. The maximum Gasteiger partial charge on any atom is 0.209 e. The van der Waals surface area contributed by atoms with Crippen LogP contribution in [0.15, 0.2) is 102 Å². The molecule has 0 atom stereocenters. The zero-order valence-electron chi connectivity index (χ0n) is 13.5. The summed E-state index contributed by atoms with van der Waals surface area (Å²) >= 11 is 1.65. The van der Waals surface area contributed by atoms with Gasteiger partial charge >= 0.3 is 0 Å². The maximum atomic E-state index is 4.37. The molecule has 25 heavy (non-hydrogen) atoms. The van der Waals surface area contributed by atoms with E-state index >= 15 is 0 Å². The van der Waals surface area contributed by atoms with Crippen molar-refractivity contribution in [1.29, 1.82) is 0 Å². The first kappa shape index (κ1) is 15.7. The first-order chi connectivity index (χ1) is 12.4. The summed E-state index contributed by atoms with van der Waals surface area (Å²) in [5, 5.41) is 7.85. The topological polar surface area (TPSA) is 41.6 Å². The molecular formula is C21H17N3S. The third-order valence-corrected chi connectivity index (χ3v) is 5.57. The van der Waals surface area contributed by atoms with Crippen LogP contribution in [0.1, 0.15) is 16.7 Å². The molecule has 0 aliphatic heterocycles. The van der Waals surface area contributed by atoms with Crippen LogP contribution in [-0.4, -0.2) is 15.2 Å². The Kier molecular flexibility index (Phi) is 4.36. The Bertz CT molecular complexity index is 811. The standard InChI is InChI=1S/C21H17N3S/c1-4-10-17(11-5-1)21(18-12-6-2-7-13-18,19-14-8-3-9-15-19)25-20-22-16-23-24-20/h1-16H,(H,22,23,24). The summed E-state index contributed by atoms with van der Waals surface area (Å²) in [6.45, 7) is 0. The first-order valence-electron chi connectivity index (χ1n) is 8.11. The van der Waals surface area contributed by atoms with Crippen molar-refractivity contribution in [2.45, 2.75) is 9.90 Å². The van der Waals surface area contributed by atoms with Gasteiger partial charge in [-0.25, -0.2) is 4.98 Å². The summed E-state index contributed by atoms with van der Waals surface area (Å²) in [6, 6.07) is 31.6. The van der Waals surface area contributed by atoms with Gasteiger partial charge in [-0.05, 0) is 16.7 Å². The van der Waals surface area contributed by atoms with Gasteiger partial charge in [-0.2, -0.15) is 0 Å². The van der Waals surface area contributed by atoms with Gasteiger partial charge in [0.2, 0.25) is 5.16 Å². The van der Waals surface area contributed by atoms with Gasteiger partial charge in [-0.1, -0.05) is 103 Å². The van der Waals surface area contributed by atoms with Crippen molar-refractivity contribution in [3.63, 3.8) is 0 Å². The molecule has 4 rings (SSSR count). The van der Waals surface area contributed by atoms with E-state index in [1.807, 2.05) is 18.2 Å². The lowest BCUT2D eigenvalue weighted by Gasteiger charge is -2.34. The molecule has 0 fully saturated rings. The zero-order chi connectivity index (χ0) is 17.0. The van der Waals surface area contributed by atoms with E-state index in [0.29, 0.717) is 0 Å². The molecule has 0 spiro atoms. The molecule has 0 bridgehead atoms. The fourth-order valence-electron chi connectivity index (χ4n) is 3.08. The van der Waals surface area contributed by atoms with E-state index in [2.05, 4.69) is 88.0 Å². The van der Waals surface area contributed by atoms with Crippen LogP contribution < -0.4 is 0 Å². The van der Waals surface area contributed by atoms with Gasteiger partial charge in [-0.15, -0.1) is 5.10 Å². The number of nitrogens with zero attached hydrogens (tertiary/aromatic N) is 2. The molecular weight excluding hydrogens is 326 g/mol. The summed E-state index contributed by atoms with van der Waals surface area (Å²) in [5.41, 5.74) is 3.59. The second-order valence-electron chi connectivity index (χ2n) is 5.66. The third kappa shape index (κ3) is 2.96. The number of benzene rings is 3. The Morgan fingerprint density at radius 2 is 1.08 bits per heavy atom. The molecule has 1 aromatic heterocycles. The summed E-state index contributed by atoms with van der Waals surface area (Å²) in [7, 11) is 0. The predicted molar refractivity (Wildman–Crippen MR) is 101 cm³/mol. The lowest BCUT2D eigenvalue weighted by Crippen LogP contribution is -2.25. The highest BCUT2D eigenvalue weighted by molar-refractivity contribution is 8.00. The van der Waals surface area contributed by atoms with Crippen LogP contribution in [0.3, 0.4) is 0 Å². The van der Waals surface area contributed by atoms with Crippen LogP contribution in [0.2, 0.25) is 0 Å². The second-order valence-corrected chi connectivity index (χ2v) is 6.84. The van der Waals surface area contributed by atoms with E-state index in [1.165, 1.54) is 16.7 Å². The summed E-state index contributed by atoms with van der Waals surface area (Å²) in [6.07, 6.45) is 1.62. The smallest absolute Gasteiger partial charge is 0.209 e. The molecule has 0 saturated carbocycles. The van der Waals surface area contributed by atoms with E-state index in [4.69, 9.17) is 0 Å². The quantitative estimate of drug-likeness (QED) is 0.414. The van der Waals surface area contributed by atoms with Crippen LogP contribution in [-0.2, 0) is 4.75 Å². The number of aromatic amines is 1. The SMILES string of the molecule is c1ccc(C(Sc2nc[nH]n2)(c2ccccc2)c2ccccc2)cc1. The van der Waals surface area contributed by atoms with Crippen LogP contribution in [0.5, 0.6) is 0 Å². The van der Waals surface area contributed by atoms with E-state index in [-0.39, 0.29) is 0 Å². The Hall–Kier alpha value is -2.85. The highest BCUT2D eigenvalue weighted by atomic mass is 32.2. The number of hydrogen-bond acceptors (Lipinski definition) is 3. The average molecular weight is 343 g/mol. The summed E-state index contributed by atoms with van der Waals surface area (Å²) in [4.78, 5) is 4.37. The monoisotopic (exact) mass is 343 g/mol. The molecule has 0 saturated heterocycles. The normalized spacial score (nSPS) is 11.4. The molecule has 1 heterocycles. The van der Waals surface area contributed by atoms with Crippen molar-refractivity contribution in [2.24, 2.45) is 0 Å². The van der Waals surface area contributed by atoms with E-state index < -0.39 is 4.75 Å². The number of rotatable bonds is 5. The largest absolute Gasteiger partial charge is 0.265 e. The summed E-state index contributed by atoms with van der Waals surface area (Å²) in [5.74, 6) is 0. The van der Waals surface area contributed by atoms with Gasteiger partial charge in [-0.3, -0.25) is 5.10 Å². The van der Waals surface area contributed by atoms with Gasteiger partial charge in [0.25, 0.3) is 0 Å². The molecule has 0 amide bonds. The first-order valence-corrected chi connectivity index (χ1v) is 8.92. The van der Waals surface area contributed by atoms with Gasteiger partial charge in [0.1, 0.15) is 6.33 Å². The van der Waals surface area contributed by atoms with Crippen molar-refractivity contribution < 1.29 is 0 Å². The predicted octanol–water partition coefficient (Wildman–Crippen LogP) is 4.89. The number of thioether (sulfide) groups is 1. The number of aromatic nitrogens is 3. The van der Waals surface area contributed by atoms with Crippen LogP contribution in [0.25, 0.3) is 0 Å². The molecule has 3 aromatic carbocycles. The number of hydrogen-bond donors (Lipinski definition) is 1.